The fourth-order valence-electron chi connectivity index (χ4n) is 2.24. The second-order valence-corrected chi connectivity index (χ2v) is 7.25. The highest BCUT2D eigenvalue weighted by molar-refractivity contribution is 7.98. The molecule has 1 fully saturated rings. The Balaban J connectivity index is 2.35. The van der Waals surface area contributed by atoms with Gasteiger partial charge in [0.25, 0.3) is 0 Å². The number of hydrogen-bond donors (Lipinski definition) is 0. The summed E-state index contributed by atoms with van der Waals surface area (Å²) in [5, 5.41) is 0. The predicted octanol–water partition coefficient (Wildman–Crippen LogP) is 3.64. The molecule has 0 saturated carbocycles. The van der Waals surface area contributed by atoms with Crippen molar-refractivity contribution in [3.63, 3.8) is 0 Å². The number of halogens is 1. The van der Waals surface area contributed by atoms with Crippen LogP contribution in [-0.4, -0.2) is 31.2 Å². The molecule has 1 heterocycles. The zero-order valence-corrected chi connectivity index (χ0v) is 15.0. The fraction of sp³-hybridized carbons (Fsp3) is 0.625. The highest BCUT2D eigenvalue weighted by Gasteiger charge is 2.52. The van der Waals surface area contributed by atoms with Crippen molar-refractivity contribution in [2.24, 2.45) is 0 Å². The van der Waals surface area contributed by atoms with Gasteiger partial charge in [0.2, 0.25) is 0 Å². The number of benzene rings is 1. The third-order valence-electron chi connectivity index (χ3n) is 4.27. The van der Waals surface area contributed by atoms with Gasteiger partial charge in [0, 0.05) is 4.90 Å². The van der Waals surface area contributed by atoms with Crippen molar-refractivity contribution < 1.29 is 18.4 Å². The summed E-state index contributed by atoms with van der Waals surface area (Å²) in [6, 6.07) is 3.49. The van der Waals surface area contributed by atoms with Crippen LogP contribution in [0.4, 0.5) is 4.39 Å². The molecule has 22 heavy (non-hydrogen) atoms. The van der Waals surface area contributed by atoms with Crippen molar-refractivity contribution >= 4 is 24.3 Å². The number of ether oxygens (including phenoxy) is 1. The van der Waals surface area contributed by atoms with Crippen molar-refractivity contribution in [1.29, 1.82) is 0 Å². The molecule has 0 aromatic heterocycles. The molecule has 0 spiro atoms. The molecule has 1 aliphatic heterocycles. The van der Waals surface area contributed by atoms with Gasteiger partial charge in [-0.1, -0.05) is 13.0 Å². The maximum absolute atomic E-state index is 14.6. The van der Waals surface area contributed by atoms with Gasteiger partial charge in [0.15, 0.2) is 11.6 Å². The van der Waals surface area contributed by atoms with Crippen LogP contribution < -0.4 is 10.2 Å². The van der Waals surface area contributed by atoms with E-state index in [2.05, 4.69) is 0 Å². The van der Waals surface area contributed by atoms with Crippen LogP contribution in [0.3, 0.4) is 0 Å². The summed E-state index contributed by atoms with van der Waals surface area (Å²) in [6.45, 7) is 10.4. The van der Waals surface area contributed by atoms with Crippen LogP contribution in [0.5, 0.6) is 5.75 Å². The van der Waals surface area contributed by atoms with Gasteiger partial charge >= 0.3 is 7.12 Å². The lowest BCUT2D eigenvalue weighted by atomic mass is 9.79. The maximum Gasteiger partial charge on any atom is 0.496 e. The zero-order valence-electron chi connectivity index (χ0n) is 14.2. The molecular formula is C16H24BFO3S. The lowest BCUT2D eigenvalue weighted by Crippen LogP contribution is -2.41. The molecule has 0 atom stereocenters. The summed E-state index contributed by atoms with van der Waals surface area (Å²) in [4.78, 5) is 0.520. The number of thioether (sulfide) groups is 1. The van der Waals surface area contributed by atoms with E-state index in [1.54, 1.807) is 6.07 Å². The van der Waals surface area contributed by atoms with E-state index >= 15 is 0 Å². The Morgan fingerprint density at radius 2 is 1.77 bits per heavy atom. The Morgan fingerprint density at radius 1 is 1.18 bits per heavy atom. The summed E-state index contributed by atoms with van der Waals surface area (Å²) in [5.41, 5.74) is -0.171. The molecule has 0 N–H and O–H groups in total. The Kier molecular flexibility index (Phi) is 5.14. The van der Waals surface area contributed by atoms with Crippen LogP contribution in [0.25, 0.3) is 0 Å². The molecule has 1 aromatic rings. The van der Waals surface area contributed by atoms with E-state index in [0.29, 0.717) is 17.0 Å². The molecule has 1 aromatic carbocycles. The average molecular weight is 326 g/mol. The molecule has 0 unspecified atom stereocenters. The van der Waals surface area contributed by atoms with Gasteiger partial charge in [0.1, 0.15) is 0 Å². The Labute approximate surface area is 137 Å². The first-order valence-electron chi connectivity index (χ1n) is 7.58. The van der Waals surface area contributed by atoms with Crippen LogP contribution in [0.15, 0.2) is 17.0 Å². The Hall–Kier alpha value is -0.715. The van der Waals surface area contributed by atoms with Crippen LogP contribution in [0.2, 0.25) is 0 Å². The molecule has 1 aliphatic rings. The minimum absolute atomic E-state index is 0.284. The van der Waals surface area contributed by atoms with E-state index in [4.69, 9.17) is 14.0 Å². The smallest absolute Gasteiger partial charge is 0.490 e. The molecule has 122 valence electrons. The van der Waals surface area contributed by atoms with Gasteiger partial charge in [-0.25, -0.2) is 4.39 Å². The molecule has 0 radical (unpaired) electrons. The van der Waals surface area contributed by atoms with Crippen molar-refractivity contribution in [3.8, 4) is 5.75 Å². The topological polar surface area (TPSA) is 27.7 Å². The molecule has 0 amide bonds. The molecule has 0 aliphatic carbocycles. The van der Waals surface area contributed by atoms with Crippen molar-refractivity contribution in [3.05, 3.63) is 17.9 Å². The normalized spacial score (nSPS) is 19.5. The number of rotatable bonds is 5. The highest BCUT2D eigenvalue weighted by Crippen LogP contribution is 2.38. The summed E-state index contributed by atoms with van der Waals surface area (Å²) >= 11 is 1.34. The molecule has 0 bridgehead atoms. The van der Waals surface area contributed by atoms with Gasteiger partial charge in [-0.2, -0.15) is 0 Å². The van der Waals surface area contributed by atoms with E-state index in [1.807, 2.05) is 46.9 Å². The van der Waals surface area contributed by atoms with Crippen LogP contribution in [-0.2, 0) is 9.31 Å². The minimum atomic E-state index is -0.567. The predicted molar refractivity (Wildman–Crippen MR) is 89.7 cm³/mol. The zero-order chi connectivity index (χ0) is 16.5. The second kappa shape index (κ2) is 6.42. The van der Waals surface area contributed by atoms with E-state index in [-0.39, 0.29) is 11.6 Å². The van der Waals surface area contributed by atoms with Crippen molar-refractivity contribution in [2.45, 2.75) is 57.1 Å². The lowest BCUT2D eigenvalue weighted by Gasteiger charge is -2.32. The third kappa shape index (κ3) is 3.14. The summed E-state index contributed by atoms with van der Waals surface area (Å²) in [5.74, 6) is -0.0559. The first kappa shape index (κ1) is 17.6. The summed E-state index contributed by atoms with van der Waals surface area (Å²) < 4.78 is 32.1. The van der Waals surface area contributed by atoms with E-state index in [1.165, 1.54) is 11.8 Å². The first-order valence-corrected chi connectivity index (χ1v) is 8.81. The SMILES string of the molecule is CCCOc1ccc(B2OC(C)(C)C(C)(C)O2)c(SC)c1F. The monoisotopic (exact) mass is 326 g/mol. The third-order valence-corrected chi connectivity index (χ3v) is 5.09. The first-order chi connectivity index (χ1) is 10.2. The standard InChI is InChI=1S/C16H24BFO3S/c1-7-10-19-12-9-8-11(14(22-6)13(12)18)17-20-15(2,3)16(4,5)21-17/h8-9H,7,10H2,1-6H3. The summed E-state index contributed by atoms with van der Waals surface area (Å²) in [6.07, 6.45) is 2.68. The van der Waals surface area contributed by atoms with Crippen molar-refractivity contribution in [1.82, 2.24) is 0 Å². The van der Waals surface area contributed by atoms with Crippen LogP contribution in [0, 0.1) is 5.82 Å². The second-order valence-electron chi connectivity index (χ2n) is 6.44. The van der Waals surface area contributed by atoms with Crippen LogP contribution in [0.1, 0.15) is 41.0 Å². The Bertz CT molecular complexity index is 532. The molecule has 3 nitrogen and oxygen atoms in total. The van der Waals surface area contributed by atoms with Crippen LogP contribution >= 0.6 is 11.8 Å². The van der Waals surface area contributed by atoms with Gasteiger partial charge < -0.3 is 14.0 Å². The molecular weight excluding hydrogens is 302 g/mol. The minimum Gasteiger partial charge on any atom is -0.490 e. The maximum atomic E-state index is 14.6. The number of hydrogen-bond acceptors (Lipinski definition) is 4. The van der Waals surface area contributed by atoms with E-state index < -0.39 is 18.3 Å². The Morgan fingerprint density at radius 3 is 2.27 bits per heavy atom. The van der Waals surface area contributed by atoms with Gasteiger partial charge in [-0.05, 0) is 51.9 Å². The molecule has 6 heteroatoms. The fourth-order valence-corrected chi connectivity index (χ4v) is 2.92. The molecule has 1 saturated heterocycles. The van der Waals surface area contributed by atoms with Crippen molar-refractivity contribution in [2.75, 3.05) is 12.9 Å². The largest absolute Gasteiger partial charge is 0.496 e. The van der Waals surface area contributed by atoms with Gasteiger partial charge in [-0.15, -0.1) is 11.8 Å². The van der Waals surface area contributed by atoms with E-state index in [9.17, 15) is 4.39 Å². The lowest BCUT2D eigenvalue weighted by molar-refractivity contribution is 0.00578. The molecule has 2 rings (SSSR count). The van der Waals surface area contributed by atoms with Gasteiger partial charge in [-0.3, -0.25) is 0 Å². The average Bonchev–Trinajstić information content (AvgIpc) is 2.65. The van der Waals surface area contributed by atoms with E-state index in [0.717, 1.165) is 6.42 Å². The quantitative estimate of drug-likeness (QED) is 0.610. The summed E-state index contributed by atoms with van der Waals surface area (Å²) in [7, 11) is -0.567. The van der Waals surface area contributed by atoms with Gasteiger partial charge in [0.05, 0.1) is 17.8 Å². The highest BCUT2D eigenvalue weighted by atomic mass is 32.2.